The number of pyridine rings is 1. The van der Waals surface area contributed by atoms with Gasteiger partial charge in [-0.25, -0.2) is 4.79 Å². The number of hydrogen-bond acceptors (Lipinski definition) is 3. The second-order valence-electron chi connectivity index (χ2n) is 4.58. The third-order valence-electron chi connectivity index (χ3n) is 3.23. The van der Waals surface area contributed by atoms with Gasteiger partial charge in [0.15, 0.2) is 0 Å². The zero-order chi connectivity index (χ0) is 14.7. The maximum Gasteiger partial charge on any atom is 0.335 e. The second-order valence-corrected chi connectivity index (χ2v) is 5.60. The molecule has 0 saturated carbocycles. The minimum Gasteiger partial charge on any atom is -0.478 e. The molecule has 0 aliphatic heterocycles. The summed E-state index contributed by atoms with van der Waals surface area (Å²) >= 11 is 1.61. The molecule has 4 heteroatoms. The molecule has 21 heavy (non-hydrogen) atoms. The minimum absolute atomic E-state index is 0.359. The van der Waals surface area contributed by atoms with Gasteiger partial charge in [-0.1, -0.05) is 36.4 Å². The molecule has 0 unspecified atom stereocenters. The summed E-state index contributed by atoms with van der Waals surface area (Å²) in [5, 5.41) is 10.3. The summed E-state index contributed by atoms with van der Waals surface area (Å²) < 4.78 is 0. The van der Waals surface area contributed by atoms with E-state index in [0.717, 1.165) is 21.4 Å². The van der Waals surface area contributed by atoms with Crippen LogP contribution in [0.25, 0.3) is 10.9 Å². The molecular weight excluding hydrogens is 282 g/mol. The number of aromatic nitrogens is 1. The first-order valence-corrected chi connectivity index (χ1v) is 7.52. The van der Waals surface area contributed by atoms with Crippen molar-refractivity contribution in [3.63, 3.8) is 0 Å². The minimum atomic E-state index is -0.887. The van der Waals surface area contributed by atoms with Crippen LogP contribution in [0.3, 0.4) is 0 Å². The molecule has 0 amide bonds. The zero-order valence-electron chi connectivity index (χ0n) is 11.2. The fraction of sp³-hybridized carbons (Fsp3) is 0.0588. The number of benzene rings is 2. The van der Waals surface area contributed by atoms with E-state index in [4.69, 9.17) is 0 Å². The van der Waals surface area contributed by atoms with E-state index >= 15 is 0 Å². The average molecular weight is 295 g/mol. The number of para-hydroxylation sites is 1. The fourth-order valence-corrected chi connectivity index (χ4v) is 3.25. The lowest BCUT2D eigenvalue weighted by Crippen LogP contribution is -2.00. The smallest absolute Gasteiger partial charge is 0.335 e. The zero-order valence-corrected chi connectivity index (χ0v) is 12.0. The van der Waals surface area contributed by atoms with Crippen LogP contribution < -0.4 is 0 Å². The molecule has 0 aliphatic rings. The summed E-state index contributed by atoms with van der Waals surface area (Å²) in [6.07, 6.45) is 1.78. The molecule has 1 heterocycles. The van der Waals surface area contributed by atoms with Crippen molar-refractivity contribution < 1.29 is 9.90 Å². The first-order chi connectivity index (χ1) is 10.3. The molecule has 0 saturated heterocycles. The number of carbonyl (C=O) groups is 1. The van der Waals surface area contributed by atoms with Crippen molar-refractivity contribution in [2.45, 2.75) is 10.6 Å². The van der Waals surface area contributed by atoms with Gasteiger partial charge in [-0.05, 0) is 23.8 Å². The molecular formula is C17H13NO2S. The topological polar surface area (TPSA) is 50.2 Å². The number of hydrogen-bond donors (Lipinski definition) is 1. The Morgan fingerprint density at radius 3 is 2.71 bits per heavy atom. The highest BCUT2D eigenvalue weighted by atomic mass is 32.2. The van der Waals surface area contributed by atoms with Crippen LogP contribution in [0.4, 0.5) is 0 Å². The van der Waals surface area contributed by atoms with Crippen molar-refractivity contribution >= 4 is 28.6 Å². The summed E-state index contributed by atoms with van der Waals surface area (Å²) in [4.78, 5) is 16.7. The highest BCUT2D eigenvalue weighted by molar-refractivity contribution is 7.98. The van der Waals surface area contributed by atoms with Crippen LogP contribution in [0.1, 0.15) is 15.9 Å². The quantitative estimate of drug-likeness (QED) is 0.732. The molecule has 2 aromatic carbocycles. The highest BCUT2D eigenvalue weighted by Gasteiger charge is 2.10. The first-order valence-electron chi connectivity index (χ1n) is 6.53. The number of thioether (sulfide) groups is 1. The monoisotopic (exact) mass is 295 g/mol. The van der Waals surface area contributed by atoms with E-state index in [1.807, 2.05) is 42.5 Å². The van der Waals surface area contributed by atoms with Gasteiger partial charge in [-0.2, -0.15) is 0 Å². The molecule has 0 spiro atoms. The molecule has 0 atom stereocenters. The summed E-state index contributed by atoms with van der Waals surface area (Å²) in [7, 11) is 0. The van der Waals surface area contributed by atoms with E-state index in [1.165, 1.54) is 0 Å². The summed E-state index contributed by atoms with van der Waals surface area (Å²) in [6, 6.07) is 17.1. The lowest BCUT2D eigenvalue weighted by Gasteiger charge is -2.07. The summed E-state index contributed by atoms with van der Waals surface area (Å²) in [6.45, 7) is 0. The molecule has 3 rings (SSSR count). The van der Waals surface area contributed by atoms with Crippen LogP contribution in [0.5, 0.6) is 0 Å². The SMILES string of the molecule is O=C(O)c1ccccc1CSc1cccc2cccnc12. The average Bonchev–Trinajstić information content (AvgIpc) is 2.53. The molecule has 1 N–H and O–H groups in total. The van der Waals surface area contributed by atoms with Crippen molar-refractivity contribution in [1.29, 1.82) is 0 Å². The number of fused-ring (bicyclic) bond motifs is 1. The number of carboxylic acid groups (broad SMARTS) is 1. The molecule has 0 aliphatic carbocycles. The predicted octanol–water partition coefficient (Wildman–Crippen LogP) is 4.23. The van der Waals surface area contributed by atoms with E-state index < -0.39 is 5.97 Å². The largest absolute Gasteiger partial charge is 0.478 e. The van der Waals surface area contributed by atoms with Gasteiger partial charge < -0.3 is 5.11 Å². The van der Waals surface area contributed by atoms with Crippen molar-refractivity contribution in [3.8, 4) is 0 Å². The van der Waals surface area contributed by atoms with Gasteiger partial charge in [-0.3, -0.25) is 4.98 Å². The second kappa shape index (κ2) is 5.97. The van der Waals surface area contributed by atoms with Crippen molar-refractivity contribution in [2.24, 2.45) is 0 Å². The van der Waals surface area contributed by atoms with Gasteiger partial charge in [0.05, 0.1) is 11.1 Å². The highest BCUT2D eigenvalue weighted by Crippen LogP contribution is 2.29. The van der Waals surface area contributed by atoms with Gasteiger partial charge in [0.25, 0.3) is 0 Å². The molecule has 1 aromatic heterocycles. The van der Waals surface area contributed by atoms with Crippen LogP contribution in [0.2, 0.25) is 0 Å². The molecule has 0 fully saturated rings. The Morgan fingerprint density at radius 2 is 1.86 bits per heavy atom. The van der Waals surface area contributed by atoms with Gasteiger partial charge in [0.2, 0.25) is 0 Å². The van der Waals surface area contributed by atoms with E-state index in [9.17, 15) is 9.90 Å². The number of rotatable bonds is 4. The lowest BCUT2D eigenvalue weighted by molar-refractivity contribution is 0.0696. The Bertz CT molecular complexity index is 796. The van der Waals surface area contributed by atoms with Crippen LogP contribution in [-0.2, 0) is 5.75 Å². The maximum absolute atomic E-state index is 11.2. The fourth-order valence-electron chi connectivity index (χ4n) is 2.20. The normalized spacial score (nSPS) is 10.7. The Labute approximate surface area is 126 Å². The maximum atomic E-state index is 11.2. The van der Waals surface area contributed by atoms with E-state index in [-0.39, 0.29) is 0 Å². The van der Waals surface area contributed by atoms with E-state index in [2.05, 4.69) is 4.98 Å². The molecule has 3 nitrogen and oxygen atoms in total. The molecule has 0 bridgehead atoms. The van der Waals surface area contributed by atoms with Crippen LogP contribution >= 0.6 is 11.8 Å². The van der Waals surface area contributed by atoms with Crippen molar-refractivity contribution in [2.75, 3.05) is 0 Å². The standard InChI is InChI=1S/C17H13NO2S/c19-17(20)14-8-2-1-5-13(14)11-21-15-9-3-6-12-7-4-10-18-16(12)15/h1-10H,11H2,(H,19,20). The van der Waals surface area contributed by atoms with Gasteiger partial charge in [-0.15, -0.1) is 11.8 Å². The van der Waals surface area contributed by atoms with E-state index in [1.54, 1.807) is 30.1 Å². The van der Waals surface area contributed by atoms with Gasteiger partial charge in [0, 0.05) is 22.2 Å². The Kier molecular flexibility index (Phi) is 3.88. The number of aromatic carboxylic acids is 1. The van der Waals surface area contributed by atoms with Crippen molar-refractivity contribution in [3.05, 3.63) is 71.9 Å². The van der Waals surface area contributed by atoms with Crippen LogP contribution in [0.15, 0.2) is 65.7 Å². The first kappa shape index (κ1) is 13.6. The van der Waals surface area contributed by atoms with Crippen molar-refractivity contribution in [1.82, 2.24) is 4.98 Å². The molecule has 104 valence electrons. The number of nitrogens with zero attached hydrogens (tertiary/aromatic N) is 1. The van der Waals surface area contributed by atoms with Gasteiger partial charge >= 0.3 is 5.97 Å². The summed E-state index contributed by atoms with van der Waals surface area (Å²) in [5.74, 6) is -0.278. The lowest BCUT2D eigenvalue weighted by atomic mass is 10.1. The predicted molar refractivity (Wildman–Crippen MR) is 84.7 cm³/mol. The molecule has 3 aromatic rings. The Balaban J connectivity index is 1.89. The third kappa shape index (κ3) is 2.90. The Morgan fingerprint density at radius 1 is 1.05 bits per heavy atom. The number of carboxylic acids is 1. The molecule has 0 radical (unpaired) electrons. The van der Waals surface area contributed by atoms with Crippen LogP contribution in [0, 0.1) is 0 Å². The summed E-state index contributed by atoms with van der Waals surface area (Å²) in [5.41, 5.74) is 2.14. The Hall–Kier alpha value is -2.33. The third-order valence-corrected chi connectivity index (χ3v) is 4.32. The van der Waals surface area contributed by atoms with Crippen LogP contribution in [-0.4, -0.2) is 16.1 Å². The van der Waals surface area contributed by atoms with E-state index in [0.29, 0.717) is 11.3 Å². The van der Waals surface area contributed by atoms with Gasteiger partial charge in [0.1, 0.15) is 0 Å².